The number of carbonyl (C=O) groups excluding carboxylic acids is 1. The van der Waals surface area contributed by atoms with Crippen molar-refractivity contribution in [3.63, 3.8) is 0 Å². The lowest BCUT2D eigenvalue weighted by atomic mass is 9.94. The highest BCUT2D eigenvalue weighted by molar-refractivity contribution is 5.72. The van der Waals surface area contributed by atoms with Gasteiger partial charge >= 0.3 is 11.9 Å². The van der Waals surface area contributed by atoms with Crippen LogP contribution in [-0.4, -0.2) is 23.1 Å². The molecule has 0 fully saturated rings. The maximum atomic E-state index is 12.9. The topological polar surface area (TPSA) is 63.6 Å². The largest absolute Gasteiger partial charge is 0.481 e. The van der Waals surface area contributed by atoms with Crippen molar-refractivity contribution in [1.29, 1.82) is 0 Å². The Morgan fingerprint density at radius 1 is 0.667 bits per heavy atom. The van der Waals surface area contributed by atoms with Gasteiger partial charge in [-0.25, -0.2) is 0 Å². The van der Waals surface area contributed by atoms with Gasteiger partial charge < -0.3 is 9.84 Å². The van der Waals surface area contributed by atoms with E-state index in [1.54, 1.807) is 0 Å². The van der Waals surface area contributed by atoms with Crippen molar-refractivity contribution < 1.29 is 19.4 Å². The molecular weight excluding hydrogens is 376 g/mol. The van der Waals surface area contributed by atoms with E-state index in [1.807, 2.05) is 0 Å². The van der Waals surface area contributed by atoms with Gasteiger partial charge in [0.05, 0.1) is 5.92 Å². The second-order valence-electron chi connectivity index (χ2n) is 8.92. The number of carboxylic acid groups (broad SMARTS) is 1. The molecule has 2 atom stereocenters. The molecule has 0 saturated carbocycles. The number of ether oxygens (including phenoxy) is 1. The number of aliphatic carboxylic acids is 1. The standard InChI is InChI=1S/C26H50O4/c1-4-7-9-10-12-16-19-23(20-17-13-11-14-18-22-25(27)28)26(29)30-24(6-3)21-15-8-5-2/h23-24H,4-22H2,1-3H3,(H,27,28). The second-order valence-corrected chi connectivity index (χ2v) is 8.92. The summed E-state index contributed by atoms with van der Waals surface area (Å²) in [6, 6.07) is 0. The van der Waals surface area contributed by atoms with Crippen molar-refractivity contribution in [2.24, 2.45) is 5.92 Å². The summed E-state index contributed by atoms with van der Waals surface area (Å²) >= 11 is 0. The molecule has 0 aliphatic rings. The number of carboxylic acids is 1. The second kappa shape index (κ2) is 21.2. The molecule has 0 radical (unpaired) electrons. The van der Waals surface area contributed by atoms with Gasteiger partial charge in [0.2, 0.25) is 0 Å². The summed E-state index contributed by atoms with van der Waals surface area (Å²) in [6.07, 6.45) is 20.0. The number of unbranched alkanes of at least 4 members (excludes halogenated alkanes) is 11. The molecule has 0 aromatic rings. The first-order chi connectivity index (χ1) is 14.5. The van der Waals surface area contributed by atoms with E-state index < -0.39 is 5.97 Å². The third kappa shape index (κ3) is 17.8. The summed E-state index contributed by atoms with van der Waals surface area (Å²) in [4.78, 5) is 23.4. The minimum Gasteiger partial charge on any atom is -0.481 e. The van der Waals surface area contributed by atoms with Crippen LogP contribution in [0.1, 0.15) is 143 Å². The SMILES string of the molecule is CCCCCCCCC(CCCCCCCC(=O)O)C(=O)OC(CC)CCCCC. The van der Waals surface area contributed by atoms with Crippen LogP contribution < -0.4 is 0 Å². The molecule has 0 rings (SSSR count). The monoisotopic (exact) mass is 426 g/mol. The van der Waals surface area contributed by atoms with Crippen molar-refractivity contribution in [2.45, 2.75) is 149 Å². The molecule has 1 N–H and O–H groups in total. The van der Waals surface area contributed by atoms with Crippen LogP contribution in [0.25, 0.3) is 0 Å². The van der Waals surface area contributed by atoms with Crippen molar-refractivity contribution in [2.75, 3.05) is 0 Å². The van der Waals surface area contributed by atoms with Crippen molar-refractivity contribution in [1.82, 2.24) is 0 Å². The van der Waals surface area contributed by atoms with Gasteiger partial charge in [0.15, 0.2) is 0 Å². The normalized spacial score (nSPS) is 13.2. The Kier molecular flexibility index (Phi) is 20.4. The number of rotatable bonds is 22. The van der Waals surface area contributed by atoms with Crippen LogP contribution in [0.3, 0.4) is 0 Å². The van der Waals surface area contributed by atoms with E-state index in [0.717, 1.165) is 70.6 Å². The summed E-state index contributed by atoms with van der Waals surface area (Å²) in [5.74, 6) is -0.644. The third-order valence-electron chi connectivity index (χ3n) is 6.05. The van der Waals surface area contributed by atoms with E-state index in [4.69, 9.17) is 9.84 Å². The predicted octanol–water partition coefficient (Wildman–Crippen LogP) is 8.07. The molecule has 2 unspecified atom stereocenters. The molecule has 0 aliphatic carbocycles. The summed E-state index contributed by atoms with van der Waals surface area (Å²) < 4.78 is 5.92. The third-order valence-corrected chi connectivity index (χ3v) is 6.05. The first-order valence-electron chi connectivity index (χ1n) is 13.0. The molecule has 178 valence electrons. The number of carbonyl (C=O) groups is 2. The van der Waals surface area contributed by atoms with Crippen molar-refractivity contribution in [3.8, 4) is 0 Å². The van der Waals surface area contributed by atoms with Crippen LogP contribution in [0.5, 0.6) is 0 Å². The van der Waals surface area contributed by atoms with Crippen molar-refractivity contribution >= 4 is 11.9 Å². The molecule has 4 nitrogen and oxygen atoms in total. The number of hydrogen-bond donors (Lipinski definition) is 1. The Hall–Kier alpha value is -1.06. The molecule has 4 heteroatoms. The summed E-state index contributed by atoms with van der Waals surface area (Å²) in [7, 11) is 0. The van der Waals surface area contributed by atoms with Gasteiger partial charge in [0, 0.05) is 6.42 Å². The fourth-order valence-corrected chi connectivity index (χ4v) is 3.98. The Balaban J connectivity index is 4.35. The number of hydrogen-bond acceptors (Lipinski definition) is 3. The Bertz CT molecular complexity index is 408. The maximum absolute atomic E-state index is 12.9. The van der Waals surface area contributed by atoms with Crippen molar-refractivity contribution in [3.05, 3.63) is 0 Å². The van der Waals surface area contributed by atoms with E-state index in [0.29, 0.717) is 0 Å². The van der Waals surface area contributed by atoms with Gasteiger partial charge in [-0.3, -0.25) is 9.59 Å². The average Bonchev–Trinajstić information content (AvgIpc) is 2.72. The Morgan fingerprint density at radius 3 is 1.67 bits per heavy atom. The zero-order chi connectivity index (χ0) is 22.5. The zero-order valence-corrected chi connectivity index (χ0v) is 20.3. The molecule has 0 aromatic carbocycles. The first kappa shape index (κ1) is 28.9. The lowest BCUT2D eigenvalue weighted by molar-refractivity contribution is -0.155. The molecule has 0 saturated heterocycles. The first-order valence-corrected chi connectivity index (χ1v) is 13.0. The molecular formula is C26H50O4. The molecule has 0 bridgehead atoms. The molecule has 0 amide bonds. The highest BCUT2D eigenvalue weighted by Crippen LogP contribution is 2.22. The van der Waals surface area contributed by atoms with Crippen LogP contribution in [-0.2, 0) is 14.3 Å². The lowest BCUT2D eigenvalue weighted by Gasteiger charge is -2.21. The molecule has 0 aliphatic heterocycles. The predicted molar refractivity (Wildman–Crippen MR) is 126 cm³/mol. The summed E-state index contributed by atoms with van der Waals surface area (Å²) in [5.41, 5.74) is 0. The van der Waals surface area contributed by atoms with Gasteiger partial charge in [-0.05, 0) is 38.5 Å². The van der Waals surface area contributed by atoms with E-state index in [-0.39, 0.29) is 24.4 Å². The Labute approximate surface area is 186 Å². The van der Waals surface area contributed by atoms with Gasteiger partial charge in [0.1, 0.15) is 6.10 Å². The quantitative estimate of drug-likeness (QED) is 0.140. The summed E-state index contributed by atoms with van der Waals surface area (Å²) in [6.45, 7) is 6.55. The Morgan fingerprint density at radius 2 is 1.13 bits per heavy atom. The lowest BCUT2D eigenvalue weighted by Crippen LogP contribution is -2.24. The fraction of sp³-hybridized carbons (Fsp3) is 0.923. The van der Waals surface area contributed by atoms with E-state index in [1.165, 1.54) is 44.9 Å². The van der Waals surface area contributed by atoms with E-state index in [9.17, 15) is 9.59 Å². The van der Waals surface area contributed by atoms with E-state index >= 15 is 0 Å². The molecule has 0 aromatic heterocycles. The zero-order valence-electron chi connectivity index (χ0n) is 20.3. The molecule has 0 heterocycles. The highest BCUT2D eigenvalue weighted by atomic mass is 16.5. The van der Waals surface area contributed by atoms with E-state index in [2.05, 4.69) is 20.8 Å². The van der Waals surface area contributed by atoms with Crippen LogP contribution in [0.2, 0.25) is 0 Å². The molecule has 0 spiro atoms. The maximum Gasteiger partial charge on any atom is 0.309 e. The van der Waals surface area contributed by atoms with Crippen LogP contribution in [0.15, 0.2) is 0 Å². The number of esters is 1. The fourth-order valence-electron chi connectivity index (χ4n) is 3.98. The molecule has 30 heavy (non-hydrogen) atoms. The van der Waals surface area contributed by atoms with Gasteiger partial charge in [-0.1, -0.05) is 97.8 Å². The minimum absolute atomic E-state index is 0.0257. The van der Waals surface area contributed by atoms with Gasteiger partial charge in [-0.2, -0.15) is 0 Å². The smallest absolute Gasteiger partial charge is 0.309 e. The van der Waals surface area contributed by atoms with Crippen LogP contribution >= 0.6 is 0 Å². The van der Waals surface area contributed by atoms with Gasteiger partial charge in [0.25, 0.3) is 0 Å². The minimum atomic E-state index is -0.707. The highest BCUT2D eigenvalue weighted by Gasteiger charge is 2.22. The average molecular weight is 427 g/mol. The van der Waals surface area contributed by atoms with Gasteiger partial charge in [-0.15, -0.1) is 0 Å². The van der Waals surface area contributed by atoms with Crippen LogP contribution in [0, 0.1) is 5.92 Å². The van der Waals surface area contributed by atoms with Crippen LogP contribution in [0.4, 0.5) is 0 Å². The summed E-state index contributed by atoms with van der Waals surface area (Å²) in [5, 5.41) is 8.71.